The summed E-state index contributed by atoms with van der Waals surface area (Å²) in [7, 11) is 0. The molecule has 9 heteroatoms. The molecular formula is C20H17N3O5S. The number of nitrogens with zero attached hydrogens (tertiary/aromatic N) is 2. The van der Waals surface area contributed by atoms with Crippen LogP contribution >= 0.6 is 11.8 Å². The molecule has 1 aliphatic heterocycles. The van der Waals surface area contributed by atoms with Crippen molar-refractivity contribution in [1.82, 2.24) is 10.2 Å². The van der Waals surface area contributed by atoms with E-state index in [-0.39, 0.29) is 29.3 Å². The molecule has 1 amide bonds. The molecule has 3 aromatic rings. The summed E-state index contributed by atoms with van der Waals surface area (Å²) < 4.78 is 17.1. The number of fused-ring (bicyclic) bond motifs is 1. The molecule has 148 valence electrons. The molecule has 0 aliphatic carbocycles. The maximum atomic E-state index is 12.1. The Balaban J connectivity index is 1.30. The number of hydrogen-bond donors (Lipinski definition) is 1. The quantitative estimate of drug-likeness (QED) is 0.485. The third-order valence-corrected chi connectivity index (χ3v) is 4.93. The summed E-state index contributed by atoms with van der Waals surface area (Å²) in [4.78, 5) is 23.4. The Hall–Kier alpha value is -3.33. The minimum atomic E-state index is -0.500. The average molecular weight is 411 g/mol. The van der Waals surface area contributed by atoms with Crippen LogP contribution < -0.4 is 14.8 Å². The second-order valence-corrected chi connectivity index (χ2v) is 7.17. The number of nitrogens with one attached hydrogen (secondary N) is 1. The fourth-order valence-electron chi connectivity index (χ4n) is 2.66. The Morgan fingerprint density at radius 1 is 1.10 bits per heavy atom. The largest absolute Gasteiger partial charge is 0.485 e. The van der Waals surface area contributed by atoms with Gasteiger partial charge in [-0.05, 0) is 43.3 Å². The van der Waals surface area contributed by atoms with E-state index in [0.717, 1.165) is 11.8 Å². The zero-order valence-electron chi connectivity index (χ0n) is 15.5. The predicted molar refractivity (Wildman–Crippen MR) is 105 cm³/mol. The van der Waals surface area contributed by atoms with E-state index in [1.165, 1.54) is 6.92 Å². The number of ether oxygens (including phenoxy) is 2. The predicted octanol–water partition coefficient (Wildman–Crippen LogP) is 3.52. The van der Waals surface area contributed by atoms with Crippen LogP contribution in [0.5, 0.6) is 11.5 Å². The van der Waals surface area contributed by atoms with Crippen molar-refractivity contribution in [3.05, 3.63) is 60.0 Å². The second kappa shape index (κ2) is 8.36. The number of carbonyl (C=O) groups is 2. The van der Waals surface area contributed by atoms with E-state index in [0.29, 0.717) is 28.6 Å². The molecule has 1 N–H and O–H groups in total. The van der Waals surface area contributed by atoms with Gasteiger partial charge in [-0.3, -0.25) is 9.59 Å². The lowest BCUT2D eigenvalue weighted by Gasteiger charge is -2.23. The van der Waals surface area contributed by atoms with Crippen LogP contribution in [-0.4, -0.2) is 34.2 Å². The van der Waals surface area contributed by atoms with Gasteiger partial charge >= 0.3 is 0 Å². The summed E-state index contributed by atoms with van der Waals surface area (Å²) in [6.45, 7) is 1.76. The molecule has 0 spiro atoms. The summed E-state index contributed by atoms with van der Waals surface area (Å²) in [6, 6.07) is 14.1. The smallest absolute Gasteiger partial charge is 0.277 e. The minimum Gasteiger partial charge on any atom is -0.485 e. The maximum absolute atomic E-state index is 12.1. The number of amides is 1. The van der Waals surface area contributed by atoms with Gasteiger partial charge < -0.3 is 19.2 Å². The van der Waals surface area contributed by atoms with Crippen LogP contribution in [-0.2, 0) is 4.79 Å². The Bertz CT molecular complexity index is 1030. The molecule has 0 saturated carbocycles. The molecular weight excluding hydrogens is 394 g/mol. The molecule has 2 aromatic carbocycles. The third kappa shape index (κ3) is 4.57. The first-order valence-electron chi connectivity index (χ1n) is 8.84. The molecule has 8 nitrogen and oxygen atoms in total. The van der Waals surface area contributed by atoms with Crippen molar-refractivity contribution in [2.24, 2.45) is 0 Å². The van der Waals surface area contributed by atoms with Crippen molar-refractivity contribution in [2.75, 3.05) is 17.7 Å². The number of hydrogen-bond acceptors (Lipinski definition) is 8. The molecule has 0 radical (unpaired) electrons. The number of rotatable bonds is 6. The fraction of sp³-hybridized carbons (Fsp3) is 0.200. The topological polar surface area (TPSA) is 104 Å². The maximum Gasteiger partial charge on any atom is 0.277 e. The van der Waals surface area contributed by atoms with Gasteiger partial charge in [0.05, 0.1) is 5.75 Å². The first-order valence-corrected chi connectivity index (χ1v) is 9.82. The van der Waals surface area contributed by atoms with Gasteiger partial charge in [0.2, 0.25) is 12.0 Å². The highest BCUT2D eigenvalue weighted by molar-refractivity contribution is 7.99. The lowest BCUT2D eigenvalue weighted by molar-refractivity contribution is -0.113. The summed E-state index contributed by atoms with van der Waals surface area (Å²) in [5, 5.41) is 11.0. The molecule has 0 unspecified atom stereocenters. The zero-order valence-corrected chi connectivity index (χ0v) is 16.3. The summed E-state index contributed by atoms with van der Waals surface area (Å²) in [5.74, 6) is 1.43. The van der Waals surface area contributed by atoms with Gasteiger partial charge in [-0.2, -0.15) is 0 Å². The van der Waals surface area contributed by atoms with E-state index in [4.69, 9.17) is 13.9 Å². The molecule has 2 heterocycles. The van der Waals surface area contributed by atoms with E-state index in [9.17, 15) is 9.59 Å². The number of Topliss-reactive ketones (excluding diaryl/α,β-unsaturated/α-hetero) is 1. The number of ketones is 1. The van der Waals surface area contributed by atoms with Crippen molar-refractivity contribution < 1.29 is 23.5 Å². The molecule has 4 rings (SSSR count). The zero-order chi connectivity index (χ0) is 20.2. The van der Waals surface area contributed by atoms with Crippen LogP contribution in [0.1, 0.15) is 29.3 Å². The summed E-state index contributed by atoms with van der Waals surface area (Å²) in [6.07, 6.45) is -0.500. The number of para-hydroxylation sites is 2. The number of aromatic nitrogens is 2. The third-order valence-electron chi connectivity index (χ3n) is 4.11. The molecule has 1 aliphatic rings. The van der Waals surface area contributed by atoms with Gasteiger partial charge in [-0.25, -0.2) is 0 Å². The summed E-state index contributed by atoms with van der Waals surface area (Å²) in [5.41, 5.74) is 1.20. The van der Waals surface area contributed by atoms with Gasteiger partial charge in [0.1, 0.15) is 6.61 Å². The molecule has 0 fully saturated rings. The number of benzene rings is 2. The van der Waals surface area contributed by atoms with E-state index >= 15 is 0 Å². The van der Waals surface area contributed by atoms with Crippen molar-refractivity contribution in [3.63, 3.8) is 0 Å². The Kier molecular flexibility index (Phi) is 5.48. The Labute approximate surface area is 170 Å². The van der Waals surface area contributed by atoms with Gasteiger partial charge in [0.25, 0.3) is 11.1 Å². The van der Waals surface area contributed by atoms with Crippen LogP contribution in [0.25, 0.3) is 0 Å². The number of carbonyl (C=O) groups excluding carboxylic acids is 2. The first-order chi connectivity index (χ1) is 14.1. The first kappa shape index (κ1) is 19.0. The highest BCUT2D eigenvalue weighted by Crippen LogP contribution is 2.35. The SMILES string of the molecule is CC(=O)c1ccc(NC(=O)CSc2nnc([C@@H]3COc4ccccc4O3)o2)cc1. The highest BCUT2D eigenvalue weighted by Gasteiger charge is 2.27. The second-order valence-electron chi connectivity index (χ2n) is 6.24. The minimum absolute atomic E-state index is 0.0264. The van der Waals surface area contributed by atoms with Gasteiger partial charge in [-0.1, -0.05) is 23.9 Å². The summed E-state index contributed by atoms with van der Waals surface area (Å²) >= 11 is 1.12. The number of thioether (sulfide) groups is 1. The highest BCUT2D eigenvalue weighted by atomic mass is 32.2. The Morgan fingerprint density at radius 3 is 2.62 bits per heavy atom. The van der Waals surface area contributed by atoms with Crippen LogP contribution in [0.3, 0.4) is 0 Å². The molecule has 1 atom stereocenters. The van der Waals surface area contributed by atoms with Gasteiger partial charge in [-0.15, -0.1) is 10.2 Å². The van der Waals surface area contributed by atoms with E-state index in [1.807, 2.05) is 18.2 Å². The molecule has 0 saturated heterocycles. The van der Waals surface area contributed by atoms with E-state index in [1.54, 1.807) is 30.3 Å². The van der Waals surface area contributed by atoms with Gasteiger partial charge in [0.15, 0.2) is 17.3 Å². The normalized spacial score (nSPS) is 15.0. The molecule has 1 aromatic heterocycles. The van der Waals surface area contributed by atoms with Crippen molar-refractivity contribution in [2.45, 2.75) is 18.3 Å². The van der Waals surface area contributed by atoms with Crippen molar-refractivity contribution >= 4 is 29.1 Å². The average Bonchev–Trinajstić information content (AvgIpc) is 3.21. The van der Waals surface area contributed by atoms with Crippen LogP contribution in [0.2, 0.25) is 0 Å². The van der Waals surface area contributed by atoms with Crippen molar-refractivity contribution in [3.8, 4) is 11.5 Å². The van der Waals surface area contributed by atoms with Gasteiger partial charge in [0, 0.05) is 11.3 Å². The lowest BCUT2D eigenvalue weighted by atomic mass is 10.1. The van der Waals surface area contributed by atoms with Crippen LogP contribution in [0.15, 0.2) is 58.2 Å². The van der Waals surface area contributed by atoms with E-state index in [2.05, 4.69) is 15.5 Å². The number of anilines is 1. The lowest BCUT2D eigenvalue weighted by Crippen LogP contribution is -2.21. The fourth-order valence-corrected chi connectivity index (χ4v) is 3.23. The monoisotopic (exact) mass is 411 g/mol. The van der Waals surface area contributed by atoms with Crippen LogP contribution in [0.4, 0.5) is 5.69 Å². The van der Waals surface area contributed by atoms with Crippen LogP contribution in [0, 0.1) is 0 Å². The molecule has 0 bridgehead atoms. The van der Waals surface area contributed by atoms with E-state index < -0.39 is 6.10 Å². The molecule has 29 heavy (non-hydrogen) atoms. The Morgan fingerprint density at radius 2 is 1.86 bits per heavy atom. The van der Waals surface area contributed by atoms with Crippen molar-refractivity contribution in [1.29, 1.82) is 0 Å². The standard InChI is InChI=1S/C20H17N3O5S/c1-12(24)13-6-8-14(9-7-13)21-18(25)11-29-20-23-22-19(28-20)17-10-26-15-4-2-3-5-16(15)27-17/h2-9,17H,10-11H2,1H3,(H,21,25)/t17-/m0/s1.